The second kappa shape index (κ2) is 8.55. The van der Waals surface area contributed by atoms with Crippen molar-refractivity contribution in [1.29, 1.82) is 0 Å². The zero-order chi connectivity index (χ0) is 15.1. The van der Waals surface area contributed by atoms with Gasteiger partial charge in [0.15, 0.2) is 0 Å². The van der Waals surface area contributed by atoms with Crippen molar-refractivity contribution >= 4 is 0 Å². The van der Waals surface area contributed by atoms with Crippen molar-refractivity contribution in [2.24, 2.45) is 5.92 Å². The standard InChI is InChI=1S/C19H31NO/c1-4-20-19(18-11-10-15(2)12-16(18)3)14-21-13-17-8-6-5-7-9-17/h10-12,17,19-20H,4-9,13-14H2,1-3H3. The summed E-state index contributed by atoms with van der Waals surface area (Å²) < 4.78 is 6.06. The third-order valence-electron chi connectivity index (χ3n) is 4.61. The molecule has 0 amide bonds. The van der Waals surface area contributed by atoms with Gasteiger partial charge in [0.25, 0.3) is 0 Å². The van der Waals surface area contributed by atoms with Crippen LogP contribution in [0, 0.1) is 19.8 Å². The van der Waals surface area contributed by atoms with Crippen molar-refractivity contribution < 1.29 is 4.74 Å². The highest BCUT2D eigenvalue weighted by atomic mass is 16.5. The van der Waals surface area contributed by atoms with Gasteiger partial charge in [-0.3, -0.25) is 0 Å². The topological polar surface area (TPSA) is 21.3 Å². The molecule has 1 aromatic rings. The van der Waals surface area contributed by atoms with Gasteiger partial charge in [0.1, 0.15) is 0 Å². The van der Waals surface area contributed by atoms with Gasteiger partial charge in [-0.15, -0.1) is 0 Å². The number of likely N-dealkylation sites (N-methyl/N-ethyl adjacent to an activating group) is 1. The molecule has 1 N–H and O–H groups in total. The zero-order valence-electron chi connectivity index (χ0n) is 14.0. The van der Waals surface area contributed by atoms with E-state index in [2.05, 4.69) is 44.3 Å². The Morgan fingerprint density at radius 1 is 1.19 bits per heavy atom. The number of benzene rings is 1. The molecule has 2 nitrogen and oxygen atoms in total. The monoisotopic (exact) mass is 289 g/mol. The maximum absolute atomic E-state index is 6.06. The third kappa shape index (κ3) is 5.12. The van der Waals surface area contributed by atoms with Gasteiger partial charge in [-0.25, -0.2) is 0 Å². The molecule has 1 aromatic carbocycles. The first-order valence-corrected chi connectivity index (χ1v) is 8.59. The van der Waals surface area contributed by atoms with E-state index in [0.717, 1.165) is 25.7 Å². The molecule has 0 aromatic heterocycles. The van der Waals surface area contributed by atoms with Gasteiger partial charge in [-0.2, -0.15) is 0 Å². The van der Waals surface area contributed by atoms with Gasteiger partial charge in [-0.1, -0.05) is 49.9 Å². The van der Waals surface area contributed by atoms with E-state index < -0.39 is 0 Å². The lowest BCUT2D eigenvalue weighted by atomic mass is 9.90. The number of rotatable bonds is 7. The van der Waals surface area contributed by atoms with Gasteiger partial charge in [0.05, 0.1) is 12.6 Å². The van der Waals surface area contributed by atoms with E-state index in [-0.39, 0.29) is 0 Å². The molecule has 1 aliphatic rings. The third-order valence-corrected chi connectivity index (χ3v) is 4.61. The SMILES string of the molecule is CCNC(COCC1CCCCC1)c1ccc(C)cc1C. The first-order valence-electron chi connectivity index (χ1n) is 8.59. The van der Waals surface area contributed by atoms with Crippen LogP contribution in [0.5, 0.6) is 0 Å². The summed E-state index contributed by atoms with van der Waals surface area (Å²) in [6.07, 6.45) is 6.91. The van der Waals surface area contributed by atoms with Crippen molar-refractivity contribution in [2.45, 2.75) is 58.9 Å². The van der Waals surface area contributed by atoms with Crippen LogP contribution in [-0.4, -0.2) is 19.8 Å². The fraction of sp³-hybridized carbons (Fsp3) is 0.684. The fourth-order valence-corrected chi connectivity index (χ4v) is 3.43. The van der Waals surface area contributed by atoms with Crippen molar-refractivity contribution in [3.63, 3.8) is 0 Å². The molecule has 1 fully saturated rings. The van der Waals surface area contributed by atoms with Crippen LogP contribution >= 0.6 is 0 Å². The Bertz CT molecular complexity index is 424. The van der Waals surface area contributed by atoms with Crippen LogP contribution in [0.25, 0.3) is 0 Å². The van der Waals surface area contributed by atoms with Crippen LogP contribution in [0.15, 0.2) is 18.2 Å². The normalized spacial score (nSPS) is 17.9. The molecule has 21 heavy (non-hydrogen) atoms. The number of aryl methyl sites for hydroxylation is 2. The molecule has 0 radical (unpaired) electrons. The van der Waals surface area contributed by atoms with Crippen LogP contribution in [0.4, 0.5) is 0 Å². The summed E-state index contributed by atoms with van der Waals surface area (Å²) in [6, 6.07) is 7.04. The number of ether oxygens (including phenoxy) is 1. The second-order valence-corrected chi connectivity index (χ2v) is 6.51. The van der Waals surface area contributed by atoms with E-state index in [1.165, 1.54) is 48.8 Å². The fourth-order valence-electron chi connectivity index (χ4n) is 3.43. The summed E-state index contributed by atoms with van der Waals surface area (Å²) in [5, 5.41) is 3.57. The minimum absolute atomic E-state index is 0.319. The zero-order valence-corrected chi connectivity index (χ0v) is 14.0. The summed E-state index contributed by atoms with van der Waals surface area (Å²) in [7, 11) is 0. The highest BCUT2D eigenvalue weighted by Gasteiger charge is 2.16. The van der Waals surface area contributed by atoms with E-state index in [1.54, 1.807) is 0 Å². The summed E-state index contributed by atoms with van der Waals surface area (Å²) in [6.45, 7) is 9.22. The molecule has 0 bridgehead atoms. The Hall–Kier alpha value is -0.860. The summed E-state index contributed by atoms with van der Waals surface area (Å²) in [4.78, 5) is 0. The number of hydrogen-bond donors (Lipinski definition) is 1. The van der Waals surface area contributed by atoms with Crippen molar-refractivity contribution in [2.75, 3.05) is 19.8 Å². The molecule has 1 unspecified atom stereocenters. The van der Waals surface area contributed by atoms with Gasteiger partial charge < -0.3 is 10.1 Å². The molecular weight excluding hydrogens is 258 g/mol. The average molecular weight is 289 g/mol. The first-order chi connectivity index (χ1) is 10.2. The van der Waals surface area contributed by atoms with Crippen LogP contribution in [0.2, 0.25) is 0 Å². The molecule has 2 rings (SSSR count). The summed E-state index contributed by atoms with van der Waals surface area (Å²) >= 11 is 0. The Morgan fingerprint density at radius 2 is 1.95 bits per heavy atom. The highest BCUT2D eigenvalue weighted by molar-refractivity contribution is 5.32. The molecule has 118 valence electrons. The molecule has 0 spiro atoms. The largest absolute Gasteiger partial charge is 0.379 e. The average Bonchev–Trinajstić information content (AvgIpc) is 2.48. The van der Waals surface area contributed by atoms with Crippen LogP contribution in [0.3, 0.4) is 0 Å². The molecule has 1 saturated carbocycles. The smallest absolute Gasteiger partial charge is 0.0661 e. The molecule has 0 heterocycles. The molecule has 1 aliphatic carbocycles. The maximum Gasteiger partial charge on any atom is 0.0661 e. The van der Waals surface area contributed by atoms with Gasteiger partial charge in [0.2, 0.25) is 0 Å². The second-order valence-electron chi connectivity index (χ2n) is 6.51. The van der Waals surface area contributed by atoms with E-state index in [1.807, 2.05) is 0 Å². The van der Waals surface area contributed by atoms with Crippen molar-refractivity contribution in [1.82, 2.24) is 5.32 Å². The minimum Gasteiger partial charge on any atom is -0.379 e. The lowest BCUT2D eigenvalue weighted by Gasteiger charge is -2.24. The van der Waals surface area contributed by atoms with E-state index in [4.69, 9.17) is 4.74 Å². The maximum atomic E-state index is 6.06. The van der Waals surface area contributed by atoms with Crippen molar-refractivity contribution in [3.05, 3.63) is 34.9 Å². The minimum atomic E-state index is 0.319. The molecule has 2 heteroatoms. The predicted molar refractivity (Wildman–Crippen MR) is 89.7 cm³/mol. The van der Waals surface area contributed by atoms with Crippen LogP contribution < -0.4 is 5.32 Å². The Kier molecular flexibility index (Phi) is 6.72. The van der Waals surface area contributed by atoms with Crippen molar-refractivity contribution in [3.8, 4) is 0 Å². The van der Waals surface area contributed by atoms with Gasteiger partial charge >= 0.3 is 0 Å². The van der Waals surface area contributed by atoms with E-state index in [9.17, 15) is 0 Å². The highest BCUT2D eigenvalue weighted by Crippen LogP contribution is 2.25. The Labute approximate surface area is 130 Å². The molecule has 1 atom stereocenters. The lowest BCUT2D eigenvalue weighted by Crippen LogP contribution is -2.27. The van der Waals surface area contributed by atoms with Crippen LogP contribution in [-0.2, 0) is 4.74 Å². The van der Waals surface area contributed by atoms with E-state index >= 15 is 0 Å². The van der Waals surface area contributed by atoms with Crippen LogP contribution in [0.1, 0.15) is 61.8 Å². The Balaban J connectivity index is 1.88. The first kappa shape index (κ1) is 16.5. The predicted octanol–water partition coefficient (Wildman–Crippen LogP) is 4.55. The summed E-state index contributed by atoms with van der Waals surface area (Å²) in [5.74, 6) is 0.792. The Morgan fingerprint density at radius 3 is 2.62 bits per heavy atom. The molecule has 0 aliphatic heterocycles. The molecule has 0 saturated heterocycles. The summed E-state index contributed by atoms with van der Waals surface area (Å²) in [5.41, 5.74) is 4.07. The molecular formula is C19H31NO. The quantitative estimate of drug-likeness (QED) is 0.795. The van der Waals surface area contributed by atoms with Gasteiger partial charge in [0, 0.05) is 6.61 Å². The lowest BCUT2D eigenvalue weighted by molar-refractivity contribution is 0.0695. The van der Waals surface area contributed by atoms with Gasteiger partial charge in [-0.05, 0) is 50.3 Å². The number of hydrogen-bond acceptors (Lipinski definition) is 2. The number of nitrogens with one attached hydrogen (secondary N) is 1. The van der Waals surface area contributed by atoms with E-state index in [0.29, 0.717) is 6.04 Å².